The molecule has 29 heavy (non-hydrogen) atoms. The zero-order chi connectivity index (χ0) is 21.6. The third kappa shape index (κ3) is 8.18. The van der Waals surface area contributed by atoms with Crippen LogP contribution in [0.25, 0.3) is 0 Å². The second-order valence-corrected chi connectivity index (χ2v) is 7.58. The van der Waals surface area contributed by atoms with E-state index in [-0.39, 0.29) is 10.7 Å². The number of aromatic nitrogens is 6. The van der Waals surface area contributed by atoms with Gasteiger partial charge in [-0.2, -0.15) is 9.97 Å². The zero-order valence-corrected chi connectivity index (χ0v) is 19.5. The van der Waals surface area contributed by atoms with Crippen molar-refractivity contribution in [1.29, 1.82) is 0 Å². The second-order valence-electron chi connectivity index (χ2n) is 5.02. The summed E-state index contributed by atoms with van der Waals surface area (Å²) in [5, 5.41) is 7.88. The molecule has 0 saturated carbocycles. The maximum atomic E-state index is 12.3. The van der Waals surface area contributed by atoms with E-state index in [1.165, 1.54) is 0 Å². The maximum Gasteiger partial charge on any atom is 0.321 e. The van der Waals surface area contributed by atoms with E-state index in [0.29, 0.717) is 20.2 Å². The highest BCUT2D eigenvalue weighted by Crippen LogP contribution is 2.24. The first-order valence-corrected chi connectivity index (χ1v) is 10.3. The topological polar surface area (TPSA) is 70.7 Å². The number of halogens is 8. The molecule has 3 aromatic rings. The van der Waals surface area contributed by atoms with Gasteiger partial charge in [0.1, 0.15) is 18.8 Å². The molecule has 0 bridgehead atoms. The molecule has 2 aromatic heterocycles. The highest BCUT2D eigenvalue weighted by Gasteiger charge is 2.15. The maximum absolute atomic E-state index is 12.3. The molecule has 0 aliphatic rings. The fourth-order valence-electron chi connectivity index (χ4n) is 1.81. The SMILES string of the molecule is FC(F)Cn1nc(Br)nc1Br.FC(F)Cn1nc(Br)nc1Oc1cccc(Cl)c1. The number of alkyl halides is 4. The fourth-order valence-corrected chi connectivity index (χ4v) is 3.32. The van der Waals surface area contributed by atoms with Crippen LogP contribution in [0.1, 0.15) is 0 Å². The highest BCUT2D eigenvalue weighted by molar-refractivity contribution is 9.11. The van der Waals surface area contributed by atoms with Crippen LogP contribution < -0.4 is 4.74 Å². The van der Waals surface area contributed by atoms with E-state index in [1.54, 1.807) is 24.3 Å². The van der Waals surface area contributed by atoms with Crippen molar-refractivity contribution in [2.45, 2.75) is 25.9 Å². The summed E-state index contributed by atoms with van der Waals surface area (Å²) < 4.78 is 56.4. The van der Waals surface area contributed by atoms with Crippen LogP contribution in [0.15, 0.2) is 38.5 Å². The van der Waals surface area contributed by atoms with E-state index in [9.17, 15) is 17.6 Å². The van der Waals surface area contributed by atoms with Crippen LogP contribution in [0.4, 0.5) is 17.6 Å². The molecule has 0 N–H and O–H groups in total. The van der Waals surface area contributed by atoms with Crippen LogP contribution in [0, 0.1) is 0 Å². The second kappa shape index (κ2) is 11.2. The van der Waals surface area contributed by atoms with Gasteiger partial charge in [0.25, 0.3) is 12.9 Å². The largest absolute Gasteiger partial charge is 0.424 e. The molecule has 15 heteroatoms. The van der Waals surface area contributed by atoms with E-state index in [1.807, 2.05) is 0 Å². The molecule has 2 heterocycles. The minimum Gasteiger partial charge on any atom is -0.424 e. The summed E-state index contributed by atoms with van der Waals surface area (Å²) in [7, 11) is 0. The number of ether oxygens (including phenoxy) is 1. The molecular formula is C14H10Br3ClF4N6O. The Kier molecular flexibility index (Phi) is 9.30. The van der Waals surface area contributed by atoms with Crippen molar-refractivity contribution in [1.82, 2.24) is 29.5 Å². The molecule has 0 amide bonds. The van der Waals surface area contributed by atoms with Gasteiger partial charge < -0.3 is 4.74 Å². The smallest absolute Gasteiger partial charge is 0.321 e. The van der Waals surface area contributed by atoms with Gasteiger partial charge in [-0.25, -0.2) is 26.9 Å². The van der Waals surface area contributed by atoms with E-state index in [4.69, 9.17) is 16.3 Å². The van der Waals surface area contributed by atoms with Crippen molar-refractivity contribution >= 4 is 59.4 Å². The number of nitrogens with zero attached hydrogens (tertiary/aromatic N) is 6. The Balaban J connectivity index is 0.000000234. The first-order chi connectivity index (χ1) is 13.6. The summed E-state index contributed by atoms with van der Waals surface area (Å²) >= 11 is 14.7. The lowest BCUT2D eigenvalue weighted by Gasteiger charge is -2.06. The Labute approximate surface area is 191 Å². The standard InChI is InChI=1S/C10H7BrClF2N3O.C4H3Br2F2N3/c11-9-15-10(17(16-9)5-8(13)14)18-7-3-1-2-6(12)4-7;5-3-9-4(6)11(10-3)1-2(7)8/h1-4,8H,5H2;2H,1H2. The van der Waals surface area contributed by atoms with E-state index < -0.39 is 25.9 Å². The molecule has 3 rings (SSSR count). The third-order valence-electron chi connectivity index (χ3n) is 2.84. The predicted octanol–water partition coefficient (Wildman–Crippen LogP) is 5.82. The predicted molar refractivity (Wildman–Crippen MR) is 107 cm³/mol. The van der Waals surface area contributed by atoms with Crippen molar-refractivity contribution in [2.75, 3.05) is 0 Å². The minimum atomic E-state index is -2.54. The van der Waals surface area contributed by atoms with Crippen molar-refractivity contribution in [3.05, 3.63) is 43.5 Å². The fraction of sp³-hybridized carbons (Fsp3) is 0.286. The summed E-state index contributed by atoms with van der Waals surface area (Å²) in [5.41, 5.74) is 0. The summed E-state index contributed by atoms with van der Waals surface area (Å²) in [6.07, 6.45) is -4.96. The van der Waals surface area contributed by atoms with Crippen LogP contribution in [-0.2, 0) is 13.1 Å². The average Bonchev–Trinajstić information content (AvgIpc) is 3.08. The van der Waals surface area contributed by atoms with Gasteiger partial charge in [-0.1, -0.05) is 17.7 Å². The van der Waals surface area contributed by atoms with Gasteiger partial charge in [-0.05, 0) is 66.0 Å². The number of benzene rings is 1. The van der Waals surface area contributed by atoms with Gasteiger partial charge >= 0.3 is 6.01 Å². The average molecular weight is 629 g/mol. The van der Waals surface area contributed by atoms with Gasteiger partial charge in [0.05, 0.1) is 0 Å². The molecule has 7 nitrogen and oxygen atoms in total. The van der Waals surface area contributed by atoms with Crippen molar-refractivity contribution < 1.29 is 22.3 Å². The monoisotopic (exact) mass is 626 g/mol. The normalized spacial score (nSPS) is 11.0. The van der Waals surface area contributed by atoms with Crippen LogP contribution in [0.3, 0.4) is 0 Å². The Bertz CT molecular complexity index is 942. The zero-order valence-electron chi connectivity index (χ0n) is 14.0. The minimum absolute atomic E-state index is 0.0237. The molecule has 0 aliphatic carbocycles. The van der Waals surface area contributed by atoms with Gasteiger partial charge in [0.2, 0.25) is 9.47 Å². The number of rotatable bonds is 6. The summed E-state index contributed by atoms with van der Waals surface area (Å²) in [6, 6.07) is 6.52. The summed E-state index contributed by atoms with van der Waals surface area (Å²) in [4.78, 5) is 7.57. The summed E-state index contributed by atoms with van der Waals surface area (Å²) in [5.74, 6) is 0.401. The molecule has 0 radical (unpaired) electrons. The first kappa shape index (κ1) is 24.0. The van der Waals surface area contributed by atoms with Crippen LogP contribution in [0.2, 0.25) is 5.02 Å². The van der Waals surface area contributed by atoms with Gasteiger partial charge in [-0.3, -0.25) is 0 Å². The lowest BCUT2D eigenvalue weighted by Crippen LogP contribution is -2.09. The Morgan fingerprint density at radius 1 is 0.931 bits per heavy atom. The Morgan fingerprint density at radius 3 is 2.07 bits per heavy atom. The molecule has 0 unspecified atom stereocenters. The molecule has 1 aromatic carbocycles. The third-order valence-corrected chi connectivity index (χ3v) is 4.33. The molecule has 0 aliphatic heterocycles. The van der Waals surface area contributed by atoms with Crippen LogP contribution >= 0.6 is 59.4 Å². The van der Waals surface area contributed by atoms with Crippen LogP contribution in [-0.4, -0.2) is 42.4 Å². The Morgan fingerprint density at radius 2 is 1.52 bits per heavy atom. The first-order valence-electron chi connectivity index (χ1n) is 7.50. The lowest BCUT2D eigenvalue weighted by atomic mass is 10.3. The summed E-state index contributed by atoms with van der Waals surface area (Å²) in [6.45, 7) is -1.03. The van der Waals surface area contributed by atoms with Crippen molar-refractivity contribution in [2.24, 2.45) is 0 Å². The van der Waals surface area contributed by atoms with Gasteiger partial charge in [0, 0.05) is 5.02 Å². The molecular weight excluding hydrogens is 619 g/mol. The van der Waals surface area contributed by atoms with E-state index in [2.05, 4.69) is 68.0 Å². The molecule has 158 valence electrons. The molecule has 0 saturated heterocycles. The lowest BCUT2D eigenvalue weighted by molar-refractivity contribution is 0.117. The quantitative estimate of drug-likeness (QED) is 0.322. The van der Waals surface area contributed by atoms with Crippen molar-refractivity contribution in [3.63, 3.8) is 0 Å². The van der Waals surface area contributed by atoms with E-state index in [0.717, 1.165) is 9.36 Å². The Hall–Kier alpha value is -1.25. The number of hydrogen-bond donors (Lipinski definition) is 0. The van der Waals surface area contributed by atoms with Crippen LogP contribution in [0.5, 0.6) is 11.8 Å². The van der Waals surface area contributed by atoms with E-state index >= 15 is 0 Å². The molecule has 0 fully saturated rings. The number of hydrogen-bond acceptors (Lipinski definition) is 5. The molecule has 0 spiro atoms. The van der Waals surface area contributed by atoms with Gasteiger partial charge in [0.15, 0.2) is 4.73 Å². The van der Waals surface area contributed by atoms with Gasteiger partial charge in [-0.15, -0.1) is 10.2 Å². The van der Waals surface area contributed by atoms with Crippen molar-refractivity contribution in [3.8, 4) is 11.8 Å². The highest BCUT2D eigenvalue weighted by atomic mass is 79.9. The molecule has 0 atom stereocenters.